The van der Waals surface area contributed by atoms with Crippen molar-refractivity contribution >= 4 is 53.1 Å². The second kappa shape index (κ2) is 10.3. The molecule has 1 aromatic heterocycles. The first-order valence-corrected chi connectivity index (χ1v) is 14.7. The van der Waals surface area contributed by atoms with Gasteiger partial charge < -0.3 is 0 Å². The van der Waals surface area contributed by atoms with Crippen LogP contribution in [0.3, 0.4) is 0 Å². The predicted molar refractivity (Wildman–Crippen MR) is 169 cm³/mol. The van der Waals surface area contributed by atoms with Crippen LogP contribution in [0.2, 0.25) is 0 Å². The Labute approximate surface area is 230 Å². The summed E-state index contributed by atoms with van der Waals surface area (Å²) in [5, 5.41) is 7.91. The standard InChI is InChI=1S/C37H34S/c1-5-6-7-8-9-27-10-12-28(13-11-27)14-15-29-19-33-23-37-35(21-31(33)18-26(29)4)34-20-30-16-24(2)25(3)17-32(30)22-36(34)38-37/h10-13,16-23H,5-9H2,1-4H3. The molecule has 0 atom stereocenters. The average molecular weight is 511 g/mol. The summed E-state index contributed by atoms with van der Waals surface area (Å²) in [5.41, 5.74) is 7.54. The number of hydrogen-bond donors (Lipinski definition) is 0. The van der Waals surface area contributed by atoms with Crippen LogP contribution in [0.4, 0.5) is 0 Å². The second-order valence-electron chi connectivity index (χ2n) is 10.9. The Morgan fingerprint density at radius 2 is 1.16 bits per heavy atom. The number of rotatable bonds is 5. The Bertz CT molecular complexity index is 1870. The van der Waals surface area contributed by atoms with Gasteiger partial charge in [0.25, 0.3) is 0 Å². The molecule has 0 saturated carbocycles. The lowest BCUT2D eigenvalue weighted by Crippen LogP contribution is -1.87. The van der Waals surface area contributed by atoms with Crippen LogP contribution in [-0.4, -0.2) is 0 Å². The van der Waals surface area contributed by atoms with Gasteiger partial charge in [0.2, 0.25) is 0 Å². The first kappa shape index (κ1) is 24.7. The van der Waals surface area contributed by atoms with E-state index in [4.69, 9.17) is 0 Å². The summed E-state index contributed by atoms with van der Waals surface area (Å²) >= 11 is 1.90. The van der Waals surface area contributed by atoms with E-state index in [0.29, 0.717) is 0 Å². The molecule has 0 saturated heterocycles. The molecular weight excluding hydrogens is 476 g/mol. The Morgan fingerprint density at radius 3 is 1.79 bits per heavy atom. The van der Waals surface area contributed by atoms with Gasteiger partial charge in [0.05, 0.1) is 0 Å². The molecule has 0 N–H and O–H groups in total. The summed E-state index contributed by atoms with van der Waals surface area (Å²) in [6, 6.07) is 27.5. The van der Waals surface area contributed by atoms with E-state index in [-0.39, 0.29) is 0 Å². The van der Waals surface area contributed by atoms with Gasteiger partial charge in [-0.15, -0.1) is 11.3 Å². The zero-order valence-electron chi connectivity index (χ0n) is 22.9. The quantitative estimate of drug-likeness (QED) is 0.160. The van der Waals surface area contributed by atoms with Crippen molar-refractivity contribution in [2.24, 2.45) is 0 Å². The molecule has 0 amide bonds. The number of aryl methyl sites for hydroxylation is 4. The number of fused-ring (bicyclic) bond motifs is 5. The van der Waals surface area contributed by atoms with E-state index < -0.39 is 0 Å². The molecule has 0 spiro atoms. The fourth-order valence-corrected chi connectivity index (χ4v) is 6.66. The summed E-state index contributed by atoms with van der Waals surface area (Å²) in [4.78, 5) is 0. The highest BCUT2D eigenvalue weighted by molar-refractivity contribution is 7.26. The van der Waals surface area contributed by atoms with E-state index in [2.05, 4.69) is 112 Å². The predicted octanol–water partition coefficient (Wildman–Crippen LogP) is 10.8. The van der Waals surface area contributed by atoms with Crippen LogP contribution in [0.15, 0.2) is 72.8 Å². The molecule has 188 valence electrons. The van der Waals surface area contributed by atoms with Crippen molar-refractivity contribution in [2.75, 3.05) is 0 Å². The smallest absolute Gasteiger partial charge is 0.0361 e. The van der Waals surface area contributed by atoms with Crippen LogP contribution >= 0.6 is 11.3 Å². The van der Waals surface area contributed by atoms with E-state index in [9.17, 15) is 0 Å². The van der Waals surface area contributed by atoms with E-state index >= 15 is 0 Å². The fraction of sp³-hybridized carbons (Fsp3) is 0.243. The third-order valence-electron chi connectivity index (χ3n) is 7.96. The van der Waals surface area contributed by atoms with E-state index in [1.807, 2.05) is 11.3 Å². The zero-order chi connectivity index (χ0) is 26.2. The minimum atomic E-state index is 1.08. The van der Waals surface area contributed by atoms with Gasteiger partial charge in [-0.2, -0.15) is 0 Å². The fourth-order valence-electron chi connectivity index (χ4n) is 5.49. The highest BCUT2D eigenvalue weighted by Crippen LogP contribution is 2.39. The van der Waals surface area contributed by atoms with Gasteiger partial charge in [0, 0.05) is 31.3 Å². The molecule has 0 nitrogen and oxygen atoms in total. The molecule has 38 heavy (non-hydrogen) atoms. The van der Waals surface area contributed by atoms with Crippen molar-refractivity contribution in [3.63, 3.8) is 0 Å². The molecule has 6 aromatic rings. The molecular formula is C37H34S. The van der Waals surface area contributed by atoms with Gasteiger partial charge in [-0.1, -0.05) is 68.4 Å². The lowest BCUT2D eigenvalue weighted by atomic mass is 9.98. The van der Waals surface area contributed by atoms with Gasteiger partial charge in [-0.25, -0.2) is 0 Å². The average Bonchev–Trinajstić information content (AvgIpc) is 3.25. The topological polar surface area (TPSA) is 0 Å². The molecule has 5 aromatic carbocycles. The lowest BCUT2D eigenvalue weighted by Gasteiger charge is -2.05. The monoisotopic (exact) mass is 510 g/mol. The number of thiophene rings is 1. The van der Waals surface area contributed by atoms with Crippen LogP contribution in [0.5, 0.6) is 0 Å². The molecule has 0 aliphatic carbocycles. The summed E-state index contributed by atoms with van der Waals surface area (Å²) in [6.07, 6.45) is 6.38. The minimum Gasteiger partial charge on any atom is -0.135 e. The van der Waals surface area contributed by atoms with Gasteiger partial charge in [0.1, 0.15) is 0 Å². The molecule has 0 aliphatic heterocycles. The van der Waals surface area contributed by atoms with Crippen molar-refractivity contribution < 1.29 is 0 Å². The Kier molecular flexibility index (Phi) is 6.69. The summed E-state index contributed by atoms with van der Waals surface area (Å²) in [5.74, 6) is 6.87. The van der Waals surface area contributed by atoms with Crippen LogP contribution in [0.25, 0.3) is 41.7 Å². The van der Waals surface area contributed by atoms with Gasteiger partial charge in [-0.05, 0) is 120 Å². The first-order valence-electron chi connectivity index (χ1n) is 13.9. The summed E-state index contributed by atoms with van der Waals surface area (Å²) in [6.45, 7) is 8.84. The normalized spacial score (nSPS) is 11.5. The van der Waals surface area contributed by atoms with Gasteiger partial charge in [0.15, 0.2) is 0 Å². The molecule has 0 radical (unpaired) electrons. The number of hydrogen-bond acceptors (Lipinski definition) is 1. The maximum atomic E-state index is 3.46. The molecule has 1 heteroatoms. The van der Waals surface area contributed by atoms with E-state index in [0.717, 1.165) is 11.1 Å². The highest BCUT2D eigenvalue weighted by atomic mass is 32.1. The molecule has 1 heterocycles. The van der Waals surface area contributed by atoms with Crippen LogP contribution < -0.4 is 0 Å². The summed E-state index contributed by atoms with van der Waals surface area (Å²) in [7, 11) is 0. The van der Waals surface area contributed by atoms with Crippen molar-refractivity contribution in [2.45, 2.75) is 59.8 Å². The number of unbranched alkanes of at least 4 members (excludes halogenated alkanes) is 3. The molecule has 0 bridgehead atoms. The number of benzene rings is 5. The lowest BCUT2D eigenvalue weighted by molar-refractivity contribution is 0.667. The highest BCUT2D eigenvalue weighted by Gasteiger charge is 2.10. The van der Waals surface area contributed by atoms with Crippen LogP contribution in [0, 0.1) is 32.6 Å². The zero-order valence-corrected chi connectivity index (χ0v) is 23.7. The first-order chi connectivity index (χ1) is 18.5. The second-order valence-corrected chi connectivity index (χ2v) is 11.9. The third-order valence-corrected chi connectivity index (χ3v) is 9.07. The van der Waals surface area contributed by atoms with Crippen molar-refractivity contribution in [3.05, 3.63) is 106 Å². The van der Waals surface area contributed by atoms with Crippen molar-refractivity contribution in [3.8, 4) is 11.8 Å². The minimum absolute atomic E-state index is 1.08. The van der Waals surface area contributed by atoms with Crippen molar-refractivity contribution in [1.82, 2.24) is 0 Å². The maximum Gasteiger partial charge on any atom is 0.0361 e. The van der Waals surface area contributed by atoms with E-state index in [1.165, 1.54) is 96.1 Å². The molecule has 0 fully saturated rings. The Morgan fingerprint density at radius 1 is 0.579 bits per heavy atom. The maximum absolute atomic E-state index is 3.46. The Balaban J connectivity index is 1.33. The Hall–Kier alpha value is -3.60. The molecule has 0 unspecified atom stereocenters. The van der Waals surface area contributed by atoms with E-state index in [1.54, 1.807) is 0 Å². The van der Waals surface area contributed by atoms with Crippen LogP contribution in [0.1, 0.15) is 66.0 Å². The van der Waals surface area contributed by atoms with Crippen molar-refractivity contribution in [1.29, 1.82) is 0 Å². The van der Waals surface area contributed by atoms with Crippen LogP contribution in [-0.2, 0) is 6.42 Å². The summed E-state index contributed by atoms with van der Waals surface area (Å²) < 4.78 is 2.70. The van der Waals surface area contributed by atoms with Gasteiger partial charge in [-0.3, -0.25) is 0 Å². The third kappa shape index (κ3) is 4.82. The molecule has 0 aliphatic rings. The van der Waals surface area contributed by atoms with Gasteiger partial charge >= 0.3 is 0 Å². The molecule has 6 rings (SSSR count). The largest absolute Gasteiger partial charge is 0.135 e. The SMILES string of the molecule is CCCCCCc1ccc(C#Cc2cc3cc4sc5cc6cc(C)c(C)cc6cc5c4cc3cc2C)cc1.